The van der Waals surface area contributed by atoms with E-state index in [0.29, 0.717) is 30.3 Å². The molecule has 10 heteroatoms. The number of rotatable bonds is 7. The number of likely N-dealkylation sites (N-methyl/N-ethyl adjacent to an activating group) is 1. The molecule has 2 heterocycles. The van der Waals surface area contributed by atoms with E-state index in [1.54, 1.807) is 43.3 Å². The van der Waals surface area contributed by atoms with Gasteiger partial charge in [0.25, 0.3) is 0 Å². The van der Waals surface area contributed by atoms with Crippen molar-refractivity contribution in [1.82, 2.24) is 19.4 Å². The maximum atomic E-state index is 12.8. The van der Waals surface area contributed by atoms with Crippen molar-refractivity contribution >= 4 is 21.8 Å². The van der Waals surface area contributed by atoms with Crippen LogP contribution in [0.2, 0.25) is 0 Å². The molecule has 1 aromatic carbocycles. The van der Waals surface area contributed by atoms with Gasteiger partial charge >= 0.3 is 5.97 Å². The van der Waals surface area contributed by atoms with Gasteiger partial charge in [0.2, 0.25) is 10.0 Å². The first-order valence-electron chi connectivity index (χ1n) is 9.42. The zero-order chi connectivity index (χ0) is 20.9. The molecule has 29 heavy (non-hydrogen) atoms. The number of carbonyl (C=O) groups is 1. The highest BCUT2D eigenvalue weighted by Gasteiger charge is 2.27. The highest BCUT2D eigenvalue weighted by Crippen LogP contribution is 2.18. The highest BCUT2D eigenvalue weighted by molar-refractivity contribution is 7.89. The Kier molecular flexibility index (Phi) is 6.78. The molecule has 2 aromatic rings. The fourth-order valence-electron chi connectivity index (χ4n) is 2.89. The van der Waals surface area contributed by atoms with Crippen LogP contribution in [0.15, 0.2) is 41.3 Å². The van der Waals surface area contributed by atoms with Gasteiger partial charge in [-0.3, -0.25) is 0 Å². The van der Waals surface area contributed by atoms with Crippen LogP contribution in [0.3, 0.4) is 0 Å². The van der Waals surface area contributed by atoms with Crippen molar-refractivity contribution in [2.24, 2.45) is 0 Å². The van der Waals surface area contributed by atoms with Gasteiger partial charge in [-0.2, -0.15) is 4.31 Å². The van der Waals surface area contributed by atoms with Gasteiger partial charge < -0.3 is 15.0 Å². The van der Waals surface area contributed by atoms with Gasteiger partial charge in [-0.25, -0.2) is 13.2 Å². The second-order valence-electron chi connectivity index (χ2n) is 6.73. The second kappa shape index (κ2) is 9.29. The second-order valence-corrected chi connectivity index (χ2v) is 8.67. The van der Waals surface area contributed by atoms with E-state index >= 15 is 0 Å². The van der Waals surface area contributed by atoms with Crippen molar-refractivity contribution in [3.8, 4) is 0 Å². The molecule has 0 bridgehead atoms. The zero-order valence-electron chi connectivity index (χ0n) is 16.5. The highest BCUT2D eigenvalue weighted by atomic mass is 32.2. The molecule has 156 valence electrons. The molecular formula is C19H25N5O4S. The summed E-state index contributed by atoms with van der Waals surface area (Å²) in [7, 11) is -1.48. The molecule has 1 aromatic heterocycles. The number of sulfonamides is 1. The number of hydrogen-bond acceptors (Lipinski definition) is 8. The van der Waals surface area contributed by atoms with Crippen molar-refractivity contribution in [1.29, 1.82) is 0 Å². The van der Waals surface area contributed by atoms with Gasteiger partial charge in [0.05, 0.1) is 11.5 Å². The van der Waals surface area contributed by atoms with Crippen LogP contribution >= 0.6 is 0 Å². The van der Waals surface area contributed by atoms with Crippen LogP contribution in [0.5, 0.6) is 0 Å². The summed E-state index contributed by atoms with van der Waals surface area (Å²) >= 11 is 0. The third-order valence-electron chi connectivity index (χ3n) is 4.65. The summed E-state index contributed by atoms with van der Waals surface area (Å²) in [5, 5.41) is 10.9. The Morgan fingerprint density at radius 2 is 1.76 bits per heavy atom. The van der Waals surface area contributed by atoms with Crippen LogP contribution in [-0.4, -0.2) is 73.6 Å². The molecule has 3 rings (SSSR count). The number of ether oxygens (including phenoxy) is 1. The Morgan fingerprint density at radius 3 is 2.34 bits per heavy atom. The van der Waals surface area contributed by atoms with Gasteiger partial charge in [0.15, 0.2) is 5.69 Å². The van der Waals surface area contributed by atoms with Crippen LogP contribution < -0.4 is 5.32 Å². The molecule has 0 saturated carbocycles. The number of esters is 1. The maximum Gasteiger partial charge on any atom is 0.358 e. The molecule has 1 N–H and O–H groups in total. The molecule has 0 radical (unpaired) electrons. The number of aromatic nitrogens is 2. The van der Waals surface area contributed by atoms with Gasteiger partial charge in [-0.1, -0.05) is 12.1 Å². The number of anilines is 1. The van der Waals surface area contributed by atoms with E-state index in [1.165, 1.54) is 4.31 Å². The Hall–Kier alpha value is -2.56. The summed E-state index contributed by atoms with van der Waals surface area (Å²) in [6, 6.07) is 9.98. The SMILES string of the molecule is CCOC(=O)c1ccc(NCc2ccc(S(=O)(=O)N3CCN(C)CC3)cc2)nn1. The van der Waals surface area contributed by atoms with E-state index < -0.39 is 16.0 Å². The van der Waals surface area contributed by atoms with Crippen LogP contribution in [0.4, 0.5) is 5.82 Å². The fraction of sp³-hybridized carbons (Fsp3) is 0.421. The topological polar surface area (TPSA) is 105 Å². The van der Waals surface area contributed by atoms with Gasteiger partial charge in [-0.15, -0.1) is 10.2 Å². The molecule has 1 fully saturated rings. The van der Waals surface area contributed by atoms with Gasteiger partial charge in [-0.05, 0) is 43.8 Å². The first-order chi connectivity index (χ1) is 13.9. The lowest BCUT2D eigenvalue weighted by Crippen LogP contribution is -2.46. The molecule has 1 saturated heterocycles. The molecule has 0 spiro atoms. The maximum absolute atomic E-state index is 12.8. The lowest BCUT2D eigenvalue weighted by atomic mass is 10.2. The van der Waals surface area contributed by atoms with Crippen molar-refractivity contribution in [2.75, 3.05) is 45.2 Å². The molecule has 1 aliphatic heterocycles. The lowest BCUT2D eigenvalue weighted by Gasteiger charge is -2.31. The van der Waals surface area contributed by atoms with Crippen molar-refractivity contribution in [2.45, 2.75) is 18.4 Å². The molecule has 0 amide bonds. The monoisotopic (exact) mass is 419 g/mol. The Balaban J connectivity index is 1.58. The third-order valence-corrected chi connectivity index (χ3v) is 6.56. The van der Waals surface area contributed by atoms with Gasteiger partial charge in [0.1, 0.15) is 5.82 Å². The number of benzene rings is 1. The number of nitrogens with zero attached hydrogens (tertiary/aromatic N) is 4. The standard InChI is InChI=1S/C19H25N5O4S/c1-3-28-19(25)17-8-9-18(22-21-17)20-14-15-4-6-16(7-5-15)29(26,27)24-12-10-23(2)11-13-24/h4-9H,3,10-14H2,1-2H3,(H,20,22). The van der Waals surface area contributed by atoms with Crippen LogP contribution in [0.1, 0.15) is 23.0 Å². The normalized spacial score (nSPS) is 15.8. The molecule has 0 aliphatic carbocycles. The number of piperazine rings is 1. The average molecular weight is 420 g/mol. The summed E-state index contributed by atoms with van der Waals surface area (Å²) in [4.78, 5) is 14.0. The smallest absolute Gasteiger partial charge is 0.358 e. The Labute approximate surface area is 170 Å². The Morgan fingerprint density at radius 1 is 1.07 bits per heavy atom. The van der Waals surface area contributed by atoms with E-state index in [4.69, 9.17) is 4.74 Å². The van der Waals surface area contributed by atoms with Crippen LogP contribution in [-0.2, 0) is 21.3 Å². The summed E-state index contributed by atoms with van der Waals surface area (Å²) in [5.41, 5.74) is 1.05. The van der Waals surface area contributed by atoms with Gasteiger partial charge in [0, 0.05) is 32.7 Å². The Bertz CT molecular complexity index is 924. The third kappa shape index (κ3) is 5.28. The quantitative estimate of drug-likeness (QED) is 0.668. The molecule has 1 aliphatic rings. The summed E-state index contributed by atoms with van der Waals surface area (Å²) in [6.45, 7) is 4.92. The first-order valence-corrected chi connectivity index (χ1v) is 10.9. The lowest BCUT2D eigenvalue weighted by molar-refractivity contribution is 0.0518. The molecule has 0 unspecified atom stereocenters. The largest absolute Gasteiger partial charge is 0.461 e. The summed E-state index contributed by atoms with van der Waals surface area (Å²) in [6.07, 6.45) is 0. The van der Waals surface area contributed by atoms with E-state index in [2.05, 4.69) is 20.4 Å². The molecule has 9 nitrogen and oxygen atoms in total. The predicted octanol–water partition coefficient (Wildman–Crippen LogP) is 1.20. The minimum atomic E-state index is -3.47. The summed E-state index contributed by atoms with van der Waals surface area (Å²) < 4.78 is 31.9. The fourth-order valence-corrected chi connectivity index (χ4v) is 4.31. The minimum absolute atomic E-state index is 0.149. The van der Waals surface area contributed by atoms with Crippen LogP contribution in [0.25, 0.3) is 0 Å². The predicted molar refractivity (Wildman–Crippen MR) is 108 cm³/mol. The van der Waals surface area contributed by atoms with Crippen molar-refractivity contribution in [3.05, 3.63) is 47.7 Å². The zero-order valence-corrected chi connectivity index (χ0v) is 17.4. The molecule has 0 atom stereocenters. The van der Waals surface area contributed by atoms with E-state index in [1.807, 2.05) is 7.05 Å². The van der Waals surface area contributed by atoms with Crippen molar-refractivity contribution in [3.63, 3.8) is 0 Å². The van der Waals surface area contributed by atoms with Crippen LogP contribution in [0, 0.1) is 0 Å². The van der Waals surface area contributed by atoms with E-state index in [-0.39, 0.29) is 12.3 Å². The molecular weight excluding hydrogens is 394 g/mol. The number of carbonyl (C=O) groups excluding carboxylic acids is 1. The van der Waals surface area contributed by atoms with E-state index in [0.717, 1.165) is 18.7 Å². The number of nitrogens with one attached hydrogen (secondary N) is 1. The average Bonchev–Trinajstić information content (AvgIpc) is 2.73. The van der Waals surface area contributed by atoms with E-state index in [9.17, 15) is 13.2 Å². The minimum Gasteiger partial charge on any atom is -0.461 e. The first kappa shape index (κ1) is 21.2. The van der Waals surface area contributed by atoms with Crippen molar-refractivity contribution < 1.29 is 17.9 Å². The number of hydrogen-bond donors (Lipinski definition) is 1. The summed E-state index contributed by atoms with van der Waals surface area (Å²) in [5.74, 6) is -0.00381.